The molecule has 0 saturated carbocycles. The molecule has 2 aliphatic rings. The topological polar surface area (TPSA) is 20.3 Å². The van der Waals surface area contributed by atoms with E-state index in [1.165, 1.54) is 12.0 Å². The molecular weight excluding hydrogens is 222 g/mol. The summed E-state index contributed by atoms with van der Waals surface area (Å²) in [5.74, 6) is 0.179. The number of hydrogen-bond acceptors (Lipinski definition) is 1. The second-order valence-electron chi connectivity index (χ2n) is 4.99. The molecule has 0 bridgehead atoms. The van der Waals surface area contributed by atoms with E-state index in [9.17, 15) is 4.79 Å². The molecule has 3 rings (SSSR count). The Bertz CT molecular complexity index is 499. The minimum absolute atomic E-state index is 0.179. The molecule has 2 heteroatoms. The number of rotatable bonds is 2. The van der Waals surface area contributed by atoms with Crippen LogP contribution in [0.25, 0.3) is 0 Å². The Morgan fingerprint density at radius 3 is 2.39 bits per heavy atom. The molecule has 0 radical (unpaired) electrons. The lowest BCUT2D eigenvalue weighted by atomic mass is 9.93. The van der Waals surface area contributed by atoms with E-state index in [1.54, 1.807) is 0 Å². The van der Waals surface area contributed by atoms with E-state index in [1.807, 2.05) is 23.1 Å². The van der Waals surface area contributed by atoms with Gasteiger partial charge in [0, 0.05) is 11.3 Å². The summed E-state index contributed by atoms with van der Waals surface area (Å²) in [6.07, 6.45) is 4.27. The second kappa shape index (κ2) is 4.45. The fourth-order valence-corrected chi connectivity index (χ4v) is 2.84. The number of allylic oxidation sites excluding steroid dienone is 1. The SMILES string of the molecule is C=C1C2=C(CCCC2)C(=O)N1Cc1ccccc1. The molecule has 0 unspecified atom stereocenters. The van der Waals surface area contributed by atoms with E-state index >= 15 is 0 Å². The van der Waals surface area contributed by atoms with Gasteiger partial charge in [-0.3, -0.25) is 4.79 Å². The van der Waals surface area contributed by atoms with Gasteiger partial charge in [0.2, 0.25) is 0 Å². The van der Waals surface area contributed by atoms with Crippen LogP contribution in [0.15, 0.2) is 53.8 Å². The fourth-order valence-electron chi connectivity index (χ4n) is 2.84. The molecule has 1 amide bonds. The van der Waals surface area contributed by atoms with Gasteiger partial charge in [0.25, 0.3) is 5.91 Å². The maximum absolute atomic E-state index is 12.4. The van der Waals surface area contributed by atoms with E-state index in [4.69, 9.17) is 0 Å². The van der Waals surface area contributed by atoms with Gasteiger partial charge in [0.15, 0.2) is 0 Å². The summed E-state index contributed by atoms with van der Waals surface area (Å²) in [5, 5.41) is 0. The van der Waals surface area contributed by atoms with Crippen LogP contribution < -0.4 is 0 Å². The summed E-state index contributed by atoms with van der Waals surface area (Å²) >= 11 is 0. The summed E-state index contributed by atoms with van der Waals surface area (Å²) in [6, 6.07) is 10.1. The first kappa shape index (κ1) is 11.3. The van der Waals surface area contributed by atoms with Crippen LogP contribution in [0.5, 0.6) is 0 Å². The van der Waals surface area contributed by atoms with Crippen LogP contribution in [0.4, 0.5) is 0 Å². The van der Waals surface area contributed by atoms with Crippen molar-refractivity contribution in [1.29, 1.82) is 0 Å². The molecule has 1 aliphatic carbocycles. The molecule has 2 nitrogen and oxygen atoms in total. The van der Waals surface area contributed by atoms with Crippen LogP contribution in [0.3, 0.4) is 0 Å². The van der Waals surface area contributed by atoms with E-state index in [0.29, 0.717) is 6.54 Å². The summed E-state index contributed by atoms with van der Waals surface area (Å²) in [7, 11) is 0. The lowest BCUT2D eigenvalue weighted by molar-refractivity contribution is -0.124. The Labute approximate surface area is 108 Å². The van der Waals surface area contributed by atoms with Crippen LogP contribution in [0, 0.1) is 0 Å². The minimum atomic E-state index is 0.179. The lowest BCUT2D eigenvalue weighted by Gasteiger charge is -2.19. The number of amides is 1. The molecular formula is C16H17NO. The maximum atomic E-state index is 12.4. The van der Waals surface area contributed by atoms with Crippen LogP contribution in [-0.2, 0) is 11.3 Å². The molecule has 0 atom stereocenters. The van der Waals surface area contributed by atoms with Crippen molar-refractivity contribution in [2.45, 2.75) is 32.2 Å². The number of hydrogen-bond donors (Lipinski definition) is 0. The van der Waals surface area contributed by atoms with Gasteiger partial charge in [0.05, 0.1) is 6.54 Å². The van der Waals surface area contributed by atoms with Gasteiger partial charge in [-0.25, -0.2) is 0 Å². The highest BCUT2D eigenvalue weighted by Crippen LogP contribution is 2.38. The molecule has 18 heavy (non-hydrogen) atoms. The normalized spacial score (nSPS) is 19.4. The van der Waals surface area contributed by atoms with Crippen LogP contribution >= 0.6 is 0 Å². The van der Waals surface area contributed by atoms with Crippen LogP contribution in [0.2, 0.25) is 0 Å². The Kier molecular flexibility index (Phi) is 2.78. The Morgan fingerprint density at radius 1 is 1.06 bits per heavy atom. The highest BCUT2D eigenvalue weighted by atomic mass is 16.2. The molecule has 1 aromatic carbocycles. The van der Waals surface area contributed by atoms with Crippen molar-refractivity contribution in [3.05, 3.63) is 59.3 Å². The van der Waals surface area contributed by atoms with Crippen molar-refractivity contribution in [2.24, 2.45) is 0 Å². The van der Waals surface area contributed by atoms with Crippen LogP contribution in [-0.4, -0.2) is 10.8 Å². The van der Waals surface area contributed by atoms with E-state index in [2.05, 4.69) is 18.7 Å². The molecule has 0 N–H and O–H groups in total. The number of nitrogens with zero attached hydrogens (tertiary/aromatic N) is 1. The van der Waals surface area contributed by atoms with Gasteiger partial charge in [-0.05, 0) is 36.8 Å². The first-order valence-corrected chi connectivity index (χ1v) is 6.54. The van der Waals surface area contributed by atoms with E-state index in [-0.39, 0.29) is 5.91 Å². The molecule has 0 aromatic heterocycles. The number of carbonyl (C=O) groups excluding carboxylic acids is 1. The van der Waals surface area contributed by atoms with Crippen molar-refractivity contribution in [2.75, 3.05) is 0 Å². The number of benzene rings is 1. The predicted octanol–water partition coefficient (Wildman–Crippen LogP) is 3.41. The molecule has 0 saturated heterocycles. The Hall–Kier alpha value is -1.83. The number of carbonyl (C=O) groups is 1. The van der Waals surface area contributed by atoms with Gasteiger partial charge < -0.3 is 4.90 Å². The fraction of sp³-hybridized carbons (Fsp3) is 0.312. The summed E-state index contributed by atoms with van der Waals surface area (Å²) < 4.78 is 0. The van der Waals surface area contributed by atoms with Gasteiger partial charge in [-0.2, -0.15) is 0 Å². The summed E-state index contributed by atoms with van der Waals surface area (Å²) in [5.41, 5.74) is 4.31. The standard InChI is InChI=1S/C16H17NO/c1-12-14-9-5-6-10-15(14)16(18)17(12)11-13-7-3-2-4-8-13/h2-4,7-8H,1,5-6,9-11H2. The first-order chi connectivity index (χ1) is 8.77. The van der Waals surface area contributed by atoms with Crippen LogP contribution in [0.1, 0.15) is 31.2 Å². The molecule has 92 valence electrons. The average molecular weight is 239 g/mol. The third kappa shape index (κ3) is 1.78. The highest BCUT2D eigenvalue weighted by molar-refractivity contribution is 6.00. The largest absolute Gasteiger partial charge is 0.305 e. The maximum Gasteiger partial charge on any atom is 0.254 e. The van der Waals surface area contributed by atoms with Gasteiger partial charge >= 0.3 is 0 Å². The highest BCUT2D eigenvalue weighted by Gasteiger charge is 2.34. The predicted molar refractivity (Wildman–Crippen MR) is 71.6 cm³/mol. The lowest BCUT2D eigenvalue weighted by Crippen LogP contribution is -2.24. The molecule has 1 aliphatic heterocycles. The minimum Gasteiger partial charge on any atom is -0.305 e. The smallest absolute Gasteiger partial charge is 0.254 e. The zero-order valence-electron chi connectivity index (χ0n) is 10.5. The van der Waals surface area contributed by atoms with Gasteiger partial charge in [-0.1, -0.05) is 36.9 Å². The molecule has 0 spiro atoms. The Morgan fingerprint density at radius 2 is 1.72 bits per heavy atom. The quantitative estimate of drug-likeness (QED) is 0.774. The first-order valence-electron chi connectivity index (χ1n) is 6.54. The van der Waals surface area contributed by atoms with Crippen molar-refractivity contribution in [3.8, 4) is 0 Å². The van der Waals surface area contributed by atoms with Crippen molar-refractivity contribution >= 4 is 5.91 Å². The summed E-state index contributed by atoms with van der Waals surface area (Å²) in [4.78, 5) is 14.2. The second-order valence-corrected chi connectivity index (χ2v) is 4.99. The van der Waals surface area contributed by atoms with Crippen molar-refractivity contribution in [1.82, 2.24) is 4.90 Å². The molecule has 1 aromatic rings. The molecule has 1 heterocycles. The van der Waals surface area contributed by atoms with Crippen molar-refractivity contribution < 1.29 is 4.79 Å². The Balaban J connectivity index is 1.84. The zero-order valence-corrected chi connectivity index (χ0v) is 10.5. The summed E-state index contributed by atoms with van der Waals surface area (Å²) in [6.45, 7) is 4.76. The third-order valence-corrected chi connectivity index (χ3v) is 3.83. The van der Waals surface area contributed by atoms with Crippen molar-refractivity contribution in [3.63, 3.8) is 0 Å². The van der Waals surface area contributed by atoms with E-state index < -0.39 is 0 Å². The third-order valence-electron chi connectivity index (χ3n) is 3.83. The molecule has 0 fully saturated rings. The van der Waals surface area contributed by atoms with Gasteiger partial charge in [0.1, 0.15) is 0 Å². The average Bonchev–Trinajstić information content (AvgIpc) is 2.66. The zero-order chi connectivity index (χ0) is 12.5. The monoisotopic (exact) mass is 239 g/mol. The van der Waals surface area contributed by atoms with Gasteiger partial charge in [-0.15, -0.1) is 0 Å². The van der Waals surface area contributed by atoms with E-state index in [0.717, 1.165) is 36.1 Å².